The first kappa shape index (κ1) is 14.3. The van der Waals surface area contributed by atoms with E-state index in [1.54, 1.807) is 30.7 Å². The van der Waals surface area contributed by atoms with Crippen LogP contribution in [-0.2, 0) is 20.1 Å². The number of rotatable bonds is 7. The summed E-state index contributed by atoms with van der Waals surface area (Å²) >= 11 is 0. The molecule has 1 radical (unpaired) electrons. The van der Waals surface area contributed by atoms with Gasteiger partial charge in [-0.2, -0.15) is 18.6 Å². The maximum Gasteiger partial charge on any atom is 0.216 e. The third kappa shape index (κ3) is 7.48. The molecule has 0 bridgehead atoms. The quantitative estimate of drug-likeness (QED) is 0.113. The molecule has 4 nitrogen and oxygen atoms in total. The van der Waals surface area contributed by atoms with Gasteiger partial charge in [-0.1, -0.05) is 41.6 Å². The van der Waals surface area contributed by atoms with E-state index in [4.69, 9.17) is 23.6 Å². The summed E-state index contributed by atoms with van der Waals surface area (Å²) in [4.78, 5) is 12.1. The Kier molecular flexibility index (Phi) is 5.14. The molecule has 5 heteroatoms. The van der Waals surface area contributed by atoms with Gasteiger partial charge >= 0.3 is 0 Å². The predicted molar refractivity (Wildman–Crippen MR) is 149 cm³/mol. The van der Waals surface area contributed by atoms with Crippen molar-refractivity contribution in [3.8, 4) is 0 Å². The van der Waals surface area contributed by atoms with E-state index in [9.17, 15) is 0 Å². The molecule has 3 aromatic heterocycles. The Bertz CT molecular complexity index is 1910. The van der Waals surface area contributed by atoms with Crippen LogP contribution in [0.3, 0.4) is 0 Å². The molecule has 4 aromatic rings. The fourth-order valence-corrected chi connectivity index (χ4v) is 2.95. The number of aryl methyl sites for hydroxylation is 2. The number of nitrogens with zero attached hydrogens (tertiary/aromatic N) is 3. The Hall–Kier alpha value is -3.53. The van der Waals surface area contributed by atoms with Crippen LogP contribution in [0.5, 0.6) is 0 Å². The summed E-state index contributed by atoms with van der Waals surface area (Å²) in [6, 6.07) is 12.2. The molecule has 0 saturated carbocycles. The van der Waals surface area contributed by atoms with Crippen molar-refractivity contribution in [2.75, 3.05) is 0 Å². The summed E-state index contributed by atoms with van der Waals surface area (Å²) in [6.07, 6.45) is 4.07. The van der Waals surface area contributed by atoms with E-state index in [1.807, 2.05) is 0 Å². The fraction of sp³-hybridized carbons (Fsp3) is 0.161. The van der Waals surface area contributed by atoms with Gasteiger partial charge in [0, 0.05) is 61.4 Å². The van der Waals surface area contributed by atoms with Gasteiger partial charge in [0.15, 0.2) is 0 Å². The Morgan fingerprint density at radius 3 is 2.78 bits per heavy atom. The van der Waals surface area contributed by atoms with E-state index in [0.717, 1.165) is 12.8 Å². The summed E-state index contributed by atoms with van der Waals surface area (Å²) in [5.41, 5.74) is 1.69. The number of hydrogen-bond donors (Lipinski definition) is 0. The minimum absolute atomic E-state index is 0. The Morgan fingerprint density at radius 2 is 2.08 bits per heavy atom. The van der Waals surface area contributed by atoms with Gasteiger partial charge in [0.05, 0.1) is 6.95 Å². The monoisotopic (exact) mass is 668 g/mol. The maximum absolute atomic E-state index is 7.65. The average molecular weight is 668 g/mol. The molecule has 1 aromatic carbocycles. The third-order valence-corrected chi connectivity index (χ3v) is 4.58. The first-order valence-electron chi connectivity index (χ1n) is 17.4. The van der Waals surface area contributed by atoms with Gasteiger partial charge < -0.3 is 14.4 Å². The van der Waals surface area contributed by atoms with E-state index in [2.05, 4.69) is 34.2 Å². The zero-order valence-electron chi connectivity index (χ0n) is 33.1. The van der Waals surface area contributed by atoms with Crippen LogP contribution in [0.1, 0.15) is 61.8 Å². The molecule has 0 aliphatic carbocycles. The predicted octanol–water partition coefficient (Wildman–Crippen LogP) is 8.28. The van der Waals surface area contributed by atoms with E-state index in [0.29, 0.717) is 34.2 Å². The van der Waals surface area contributed by atoms with Gasteiger partial charge in [0.25, 0.3) is 0 Å². The van der Waals surface area contributed by atoms with Crippen LogP contribution in [-0.4, -0.2) is 16.2 Å². The SMILES string of the molecule is [2H]C([2H])([2H])C(=C)C[CH-]C(=C)c1ccc(C([2H])([2H])[2H])cn1.[2H]C=C(N=CC(=C[2H])C([2H])([2H])[2H])c1[c-]ccc2c1oc1nc(C([2H])([2H])[2H])ccc12.[Ir]. The number of fused-ring (bicyclic) bond motifs is 3. The van der Waals surface area contributed by atoms with Gasteiger partial charge in [-0.05, 0) is 62.1 Å². The van der Waals surface area contributed by atoms with Crippen LogP contribution in [0.4, 0.5) is 0 Å². The first-order chi connectivity index (χ1) is 22.6. The molecular formula is C31H31IrN3O-2. The van der Waals surface area contributed by atoms with Crippen LogP contribution < -0.4 is 0 Å². The van der Waals surface area contributed by atoms with Crippen LogP contribution in [0.2, 0.25) is 0 Å². The zero-order valence-corrected chi connectivity index (χ0v) is 21.5. The molecule has 0 unspecified atom stereocenters. The van der Waals surface area contributed by atoms with Crippen LogP contribution >= 0.6 is 0 Å². The molecule has 0 N–H and O–H groups in total. The molecule has 0 atom stereocenters. The minimum Gasteiger partial charge on any atom is -0.486 e. The maximum atomic E-state index is 7.65. The van der Waals surface area contributed by atoms with E-state index < -0.39 is 27.4 Å². The second-order valence-electron chi connectivity index (χ2n) is 7.31. The van der Waals surface area contributed by atoms with Gasteiger partial charge in [0.1, 0.15) is 0 Å². The number of allylic oxidation sites excluding steroid dienone is 3. The average Bonchev–Trinajstić information content (AvgIpc) is 3.39. The minimum atomic E-state index is -2.51. The van der Waals surface area contributed by atoms with Crippen molar-refractivity contribution < 1.29 is 43.7 Å². The molecule has 0 aliphatic heterocycles. The van der Waals surface area contributed by atoms with Crippen molar-refractivity contribution in [1.29, 1.82) is 0 Å². The molecule has 36 heavy (non-hydrogen) atoms. The summed E-state index contributed by atoms with van der Waals surface area (Å²) in [5.74, 6) is 0. The largest absolute Gasteiger partial charge is 0.486 e. The van der Waals surface area contributed by atoms with E-state index in [1.165, 1.54) is 18.3 Å². The number of pyridine rings is 2. The molecule has 3 heterocycles. The number of furan rings is 1. The second-order valence-corrected chi connectivity index (χ2v) is 7.31. The smallest absolute Gasteiger partial charge is 0.216 e. The van der Waals surface area contributed by atoms with Crippen molar-refractivity contribution in [2.24, 2.45) is 4.99 Å². The number of hydrogen-bond acceptors (Lipinski definition) is 4. The standard InChI is InChI=1S/C18H15N2O.C13H16N.Ir/c1-11(2)10-19-13(4)14-6-5-7-15-16-9-8-12(3)20-18(16)21-17(14)15;1-10(2)5-7-12(4)13-8-6-11(3)9-14-13;/h5,7-10H,1,4H2,2-3H3;6-9H,1,4-5H2,2-3H3;/q2*-1;/i1D,2D3,3D3,4D;2D3,3D3;. The van der Waals surface area contributed by atoms with Crippen molar-refractivity contribution in [2.45, 2.75) is 33.8 Å². The number of benzene rings is 1. The molecule has 0 saturated heterocycles. The molecule has 0 aliphatic rings. The van der Waals surface area contributed by atoms with Gasteiger partial charge in [-0.25, -0.2) is 4.98 Å². The molecule has 0 fully saturated rings. The molecule has 0 spiro atoms. The Balaban J connectivity index is 0.000000364. The molecule has 0 amide bonds. The van der Waals surface area contributed by atoms with E-state index in [-0.39, 0.29) is 65.9 Å². The van der Waals surface area contributed by atoms with Gasteiger partial charge in [-0.15, -0.1) is 31.3 Å². The van der Waals surface area contributed by atoms with Crippen LogP contribution in [0, 0.1) is 26.2 Å². The molecule has 187 valence electrons. The molecular weight excluding hydrogens is 623 g/mol. The summed E-state index contributed by atoms with van der Waals surface area (Å²) in [7, 11) is 0. The van der Waals surface area contributed by atoms with Gasteiger partial charge in [-0.3, -0.25) is 0 Å². The fourth-order valence-electron chi connectivity index (χ4n) is 2.95. The summed E-state index contributed by atoms with van der Waals surface area (Å²) < 4.78 is 109. The number of aromatic nitrogens is 2. The Morgan fingerprint density at radius 1 is 1.17 bits per heavy atom. The Labute approximate surface area is 247 Å². The third-order valence-electron chi connectivity index (χ3n) is 4.58. The van der Waals surface area contributed by atoms with Crippen LogP contribution in [0.15, 0.2) is 89.4 Å². The summed E-state index contributed by atoms with van der Waals surface area (Å²) in [5, 5.41) is 1.21. The van der Waals surface area contributed by atoms with Crippen molar-refractivity contribution in [3.63, 3.8) is 0 Å². The second kappa shape index (κ2) is 13.0. The number of aliphatic imine (C=N–C) groups is 1. The molecule has 4 rings (SSSR count). The van der Waals surface area contributed by atoms with Crippen molar-refractivity contribution in [3.05, 3.63) is 115 Å². The zero-order chi connectivity index (χ0) is 36.9. The van der Waals surface area contributed by atoms with Crippen molar-refractivity contribution >= 4 is 39.6 Å². The normalized spacial score (nSPS) is 18.8. The van der Waals surface area contributed by atoms with Crippen molar-refractivity contribution in [1.82, 2.24) is 9.97 Å². The van der Waals surface area contributed by atoms with Gasteiger partial charge in [0.2, 0.25) is 5.71 Å². The first-order valence-corrected chi connectivity index (χ1v) is 10.2. The van der Waals surface area contributed by atoms with Crippen LogP contribution in [0.25, 0.3) is 33.3 Å². The topological polar surface area (TPSA) is 51.3 Å². The van der Waals surface area contributed by atoms with E-state index >= 15 is 0 Å². The summed E-state index contributed by atoms with van der Waals surface area (Å²) in [6.45, 7) is -0.372.